The highest BCUT2D eigenvalue weighted by Crippen LogP contribution is 2.39. The van der Waals surface area contributed by atoms with Crippen molar-refractivity contribution < 1.29 is 9.59 Å². The minimum absolute atomic E-state index is 0.0316. The number of nitrogens with zero attached hydrogens (tertiary/aromatic N) is 1. The predicted octanol–water partition coefficient (Wildman–Crippen LogP) is 2.31. The van der Waals surface area contributed by atoms with Crippen LogP contribution in [-0.4, -0.2) is 41.4 Å². The van der Waals surface area contributed by atoms with Crippen LogP contribution in [-0.2, 0) is 4.79 Å². The van der Waals surface area contributed by atoms with Gasteiger partial charge in [-0.1, -0.05) is 24.6 Å². The van der Waals surface area contributed by atoms with Crippen LogP contribution in [0.5, 0.6) is 0 Å². The van der Waals surface area contributed by atoms with Crippen LogP contribution in [0.4, 0.5) is 0 Å². The minimum Gasteiger partial charge on any atom is -0.351 e. The average molecular weight is 355 g/mol. The SMILES string of the molecule is NC1CC2CCCC(C1)C2NC(=O)C1CCCN1C(=O)c1ccccc1. The van der Waals surface area contributed by atoms with Crippen molar-refractivity contribution >= 4 is 11.8 Å². The van der Waals surface area contributed by atoms with Crippen LogP contribution in [0.25, 0.3) is 0 Å². The van der Waals surface area contributed by atoms with Crippen molar-refractivity contribution in [3.05, 3.63) is 35.9 Å². The molecule has 2 bridgehead atoms. The van der Waals surface area contributed by atoms with Crippen LogP contribution in [0, 0.1) is 11.8 Å². The van der Waals surface area contributed by atoms with E-state index < -0.39 is 0 Å². The number of likely N-dealkylation sites (tertiary alicyclic amines) is 1. The van der Waals surface area contributed by atoms with Gasteiger partial charge in [-0.25, -0.2) is 0 Å². The lowest BCUT2D eigenvalue weighted by Crippen LogP contribution is -2.57. The van der Waals surface area contributed by atoms with E-state index in [2.05, 4.69) is 5.32 Å². The molecule has 0 aromatic heterocycles. The first-order valence-corrected chi connectivity index (χ1v) is 10.1. The van der Waals surface area contributed by atoms with Gasteiger partial charge < -0.3 is 16.0 Å². The second-order valence-electron chi connectivity index (χ2n) is 8.24. The molecule has 2 aliphatic carbocycles. The highest BCUT2D eigenvalue weighted by Gasteiger charge is 2.42. The Balaban J connectivity index is 1.45. The van der Waals surface area contributed by atoms with Gasteiger partial charge in [-0.3, -0.25) is 9.59 Å². The molecule has 1 aliphatic heterocycles. The van der Waals surface area contributed by atoms with Gasteiger partial charge in [0, 0.05) is 24.2 Å². The van der Waals surface area contributed by atoms with Crippen LogP contribution >= 0.6 is 0 Å². The molecule has 3 N–H and O–H groups in total. The fraction of sp³-hybridized carbons (Fsp3) is 0.619. The van der Waals surface area contributed by atoms with Crippen LogP contribution < -0.4 is 11.1 Å². The molecule has 3 fully saturated rings. The largest absolute Gasteiger partial charge is 0.351 e. The van der Waals surface area contributed by atoms with Gasteiger partial charge in [0.15, 0.2) is 0 Å². The number of hydrogen-bond acceptors (Lipinski definition) is 3. The molecule has 1 heterocycles. The standard InChI is InChI=1S/C21H29N3O2/c22-17-12-15-8-4-9-16(13-17)19(15)23-20(25)18-10-5-11-24(18)21(26)14-6-2-1-3-7-14/h1-3,6-7,15-19H,4-5,8-13,22H2,(H,23,25). The molecule has 3 atom stereocenters. The first kappa shape index (κ1) is 17.5. The second-order valence-corrected chi connectivity index (χ2v) is 8.24. The molecular weight excluding hydrogens is 326 g/mol. The van der Waals surface area contributed by atoms with E-state index in [1.165, 1.54) is 6.42 Å². The summed E-state index contributed by atoms with van der Waals surface area (Å²) in [6.07, 6.45) is 7.23. The molecule has 3 unspecified atom stereocenters. The number of nitrogens with two attached hydrogens (primary N) is 1. The van der Waals surface area contributed by atoms with Crippen molar-refractivity contribution in [1.82, 2.24) is 10.2 Å². The molecule has 2 saturated carbocycles. The van der Waals surface area contributed by atoms with Gasteiger partial charge in [0.05, 0.1) is 0 Å². The quantitative estimate of drug-likeness (QED) is 0.874. The van der Waals surface area contributed by atoms with Crippen molar-refractivity contribution in [1.29, 1.82) is 0 Å². The summed E-state index contributed by atoms with van der Waals surface area (Å²) in [4.78, 5) is 27.6. The van der Waals surface area contributed by atoms with Crippen LogP contribution in [0.3, 0.4) is 0 Å². The molecule has 5 nitrogen and oxygen atoms in total. The summed E-state index contributed by atoms with van der Waals surface area (Å²) in [6.45, 7) is 0.661. The van der Waals surface area contributed by atoms with Gasteiger partial charge in [0.25, 0.3) is 5.91 Å². The molecule has 140 valence electrons. The topological polar surface area (TPSA) is 75.4 Å². The van der Waals surface area contributed by atoms with Crippen LogP contribution in [0.15, 0.2) is 30.3 Å². The Labute approximate surface area is 155 Å². The summed E-state index contributed by atoms with van der Waals surface area (Å²) in [5, 5.41) is 3.33. The van der Waals surface area contributed by atoms with E-state index in [4.69, 9.17) is 5.73 Å². The first-order valence-electron chi connectivity index (χ1n) is 10.1. The molecule has 1 aromatic rings. The summed E-state index contributed by atoms with van der Waals surface area (Å²) in [5.74, 6) is 1.00. The molecule has 5 heteroatoms. The van der Waals surface area contributed by atoms with Gasteiger partial charge in [0.1, 0.15) is 6.04 Å². The molecule has 0 spiro atoms. The van der Waals surface area contributed by atoms with Gasteiger partial charge >= 0.3 is 0 Å². The Morgan fingerprint density at radius 3 is 2.38 bits per heavy atom. The van der Waals surface area contributed by atoms with E-state index in [0.717, 1.165) is 38.5 Å². The third kappa shape index (κ3) is 3.37. The van der Waals surface area contributed by atoms with Crippen molar-refractivity contribution in [2.24, 2.45) is 17.6 Å². The maximum atomic E-state index is 13.0. The molecule has 0 radical (unpaired) electrons. The zero-order chi connectivity index (χ0) is 18.1. The Bertz CT molecular complexity index is 648. The number of benzene rings is 1. The Kier molecular flexibility index (Phi) is 4.98. The number of hydrogen-bond donors (Lipinski definition) is 2. The monoisotopic (exact) mass is 355 g/mol. The van der Waals surface area contributed by atoms with Crippen LogP contribution in [0.2, 0.25) is 0 Å². The summed E-state index contributed by atoms with van der Waals surface area (Å²) in [6, 6.07) is 9.46. The molecular formula is C21H29N3O2. The highest BCUT2D eigenvalue weighted by molar-refractivity contribution is 5.98. The van der Waals surface area contributed by atoms with Crippen molar-refractivity contribution in [3.8, 4) is 0 Å². The van der Waals surface area contributed by atoms with Crippen molar-refractivity contribution in [3.63, 3.8) is 0 Å². The minimum atomic E-state index is -0.334. The summed E-state index contributed by atoms with van der Waals surface area (Å²) < 4.78 is 0. The fourth-order valence-electron chi connectivity index (χ4n) is 5.31. The van der Waals surface area contributed by atoms with Gasteiger partial charge in [0.2, 0.25) is 5.91 Å². The third-order valence-electron chi connectivity index (χ3n) is 6.52. The molecule has 3 aliphatic rings. The number of nitrogens with one attached hydrogen (secondary N) is 1. The summed E-state index contributed by atoms with van der Waals surface area (Å²) in [5.41, 5.74) is 6.86. The molecule has 1 saturated heterocycles. The molecule has 2 amide bonds. The van der Waals surface area contributed by atoms with E-state index in [0.29, 0.717) is 23.9 Å². The first-order chi connectivity index (χ1) is 12.6. The van der Waals surface area contributed by atoms with Crippen molar-refractivity contribution in [2.75, 3.05) is 6.54 Å². The summed E-state index contributed by atoms with van der Waals surface area (Å²) >= 11 is 0. The summed E-state index contributed by atoms with van der Waals surface area (Å²) in [7, 11) is 0. The normalized spacial score (nSPS) is 33.7. The van der Waals surface area contributed by atoms with E-state index in [9.17, 15) is 9.59 Å². The Hall–Kier alpha value is -1.88. The van der Waals surface area contributed by atoms with E-state index in [-0.39, 0.29) is 29.9 Å². The van der Waals surface area contributed by atoms with Crippen molar-refractivity contribution in [2.45, 2.75) is 63.1 Å². The smallest absolute Gasteiger partial charge is 0.254 e. The number of rotatable bonds is 3. The number of carbonyl (C=O) groups is 2. The number of amides is 2. The zero-order valence-corrected chi connectivity index (χ0v) is 15.3. The van der Waals surface area contributed by atoms with E-state index in [1.807, 2.05) is 30.3 Å². The van der Waals surface area contributed by atoms with Gasteiger partial charge in [-0.05, 0) is 62.5 Å². The Morgan fingerprint density at radius 2 is 1.69 bits per heavy atom. The molecule has 26 heavy (non-hydrogen) atoms. The second kappa shape index (κ2) is 7.39. The maximum Gasteiger partial charge on any atom is 0.254 e. The van der Waals surface area contributed by atoms with Gasteiger partial charge in [-0.15, -0.1) is 0 Å². The van der Waals surface area contributed by atoms with E-state index in [1.54, 1.807) is 4.90 Å². The highest BCUT2D eigenvalue weighted by atomic mass is 16.2. The third-order valence-corrected chi connectivity index (χ3v) is 6.52. The van der Waals surface area contributed by atoms with Gasteiger partial charge in [-0.2, -0.15) is 0 Å². The lowest BCUT2D eigenvalue weighted by molar-refractivity contribution is -0.127. The van der Waals surface area contributed by atoms with Crippen LogP contribution in [0.1, 0.15) is 55.3 Å². The molecule has 1 aromatic carbocycles. The zero-order valence-electron chi connectivity index (χ0n) is 15.3. The lowest BCUT2D eigenvalue weighted by atomic mass is 9.67. The molecule has 4 rings (SSSR count). The average Bonchev–Trinajstić information content (AvgIpc) is 3.12. The maximum absolute atomic E-state index is 13.0. The predicted molar refractivity (Wildman–Crippen MR) is 100 cm³/mol. The number of fused-ring (bicyclic) bond motifs is 2. The fourth-order valence-corrected chi connectivity index (χ4v) is 5.31. The lowest BCUT2D eigenvalue weighted by Gasteiger charge is -2.45. The number of carbonyl (C=O) groups excluding carboxylic acids is 2. The Morgan fingerprint density at radius 1 is 1.00 bits per heavy atom. The van der Waals surface area contributed by atoms with E-state index >= 15 is 0 Å².